The molecule has 1 fully saturated rings. The first kappa shape index (κ1) is 22.6. The van der Waals surface area contributed by atoms with Gasteiger partial charge < -0.3 is 4.90 Å². The number of hydrogen-bond donors (Lipinski definition) is 0. The molecule has 1 aliphatic heterocycles. The molecular formula is C19H18F4N2O3S2. The summed E-state index contributed by atoms with van der Waals surface area (Å²) in [5.74, 6) is -0.754. The van der Waals surface area contributed by atoms with Crippen LogP contribution in [-0.4, -0.2) is 55.5 Å². The van der Waals surface area contributed by atoms with E-state index >= 15 is 0 Å². The van der Waals surface area contributed by atoms with E-state index in [9.17, 15) is 30.8 Å². The zero-order valence-electron chi connectivity index (χ0n) is 15.6. The smallest absolute Gasteiger partial charge is 0.339 e. The van der Waals surface area contributed by atoms with Crippen molar-refractivity contribution in [2.75, 3.05) is 31.9 Å². The maximum atomic E-state index is 13.6. The number of carbonyl (C=O) groups excluding carboxylic acids is 1. The van der Waals surface area contributed by atoms with Crippen molar-refractivity contribution in [2.24, 2.45) is 0 Å². The number of carbonyl (C=O) groups is 1. The van der Waals surface area contributed by atoms with E-state index in [1.807, 2.05) is 0 Å². The lowest BCUT2D eigenvalue weighted by Gasteiger charge is -2.34. The minimum atomic E-state index is -4.80. The van der Waals surface area contributed by atoms with Crippen molar-refractivity contribution >= 4 is 27.7 Å². The number of thioether (sulfide) groups is 1. The molecule has 0 atom stereocenters. The molecule has 0 N–H and O–H groups in total. The van der Waals surface area contributed by atoms with E-state index in [1.54, 1.807) is 12.1 Å². The number of rotatable bonds is 5. The summed E-state index contributed by atoms with van der Waals surface area (Å²) in [5, 5.41) is 0. The third-order valence-corrected chi connectivity index (χ3v) is 7.58. The number of hydrogen-bond acceptors (Lipinski definition) is 4. The lowest BCUT2D eigenvalue weighted by molar-refractivity contribution is -0.139. The Morgan fingerprint density at radius 1 is 0.967 bits per heavy atom. The third-order valence-electron chi connectivity index (χ3n) is 4.59. The number of benzene rings is 2. The Morgan fingerprint density at radius 3 is 2.20 bits per heavy atom. The SMILES string of the molecule is O=C(CSc1ccccc1F)N1CCN(S(=O)(=O)c2ccccc2C(F)(F)F)CC1. The fourth-order valence-electron chi connectivity index (χ4n) is 3.04. The molecule has 0 aliphatic carbocycles. The highest BCUT2D eigenvalue weighted by atomic mass is 32.2. The van der Waals surface area contributed by atoms with Crippen molar-refractivity contribution in [1.29, 1.82) is 0 Å². The predicted molar refractivity (Wildman–Crippen MR) is 104 cm³/mol. The van der Waals surface area contributed by atoms with Gasteiger partial charge in [-0.15, -0.1) is 11.8 Å². The first-order valence-electron chi connectivity index (χ1n) is 8.92. The molecule has 0 spiro atoms. The maximum Gasteiger partial charge on any atom is 0.417 e. The van der Waals surface area contributed by atoms with Crippen LogP contribution >= 0.6 is 11.8 Å². The van der Waals surface area contributed by atoms with Crippen LogP contribution < -0.4 is 0 Å². The molecule has 0 aromatic heterocycles. The van der Waals surface area contributed by atoms with Crippen LogP contribution in [0, 0.1) is 5.82 Å². The zero-order valence-corrected chi connectivity index (χ0v) is 17.2. The summed E-state index contributed by atoms with van der Waals surface area (Å²) < 4.78 is 79.7. The Hall–Kier alpha value is -2.11. The van der Waals surface area contributed by atoms with Crippen molar-refractivity contribution in [3.05, 3.63) is 59.9 Å². The minimum absolute atomic E-state index is 0.0232. The van der Waals surface area contributed by atoms with E-state index in [2.05, 4.69) is 0 Å². The van der Waals surface area contributed by atoms with Crippen molar-refractivity contribution < 1.29 is 30.8 Å². The number of amides is 1. The second-order valence-electron chi connectivity index (χ2n) is 6.50. The molecule has 0 radical (unpaired) electrons. The molecule has 5 nitrogen and oxygen atoms in total. The van der Waals surface area contributed by atoms with E-state index < -0.39 is 32.5 Å². The second-order valence-corrected chi connectivity index (χ2v) is 9.42. The number of sulfonamides is 1. The van der Waals surface area contributed by atoms with Gasteiger partial charge in [-0.1, -0.05) is 24.3 Å². The molecule has 0 saturated carbocycles. The van der Waals surface area contributed by atoms with Crippen molar-refractivity contribution in [2.45, 2.75) is 16.0 Å². The van der Waals surface area contributed by atoms with E-state index in [0.717, 1.165) is 34.3 Å². The topological polar surface area (TPSA) is 57.7 Å². The van der Waals surface area contributed by atoms with Gasteiger partial charge in [0.1, 0.15) is 5.82 Å². The minimum Gasteiger partial charge on any atom is -0.339 e. The summed E-state index contributed by atoms with van der Waals surface area (Å²) >= 11 is 1.03. The summed E-state index contributed by atoms with van der Waals surface area (Å²) in [6, 6.07) is 10.1. The molecule has 1 amide bonds. The van der Waals surface area contributed by atoms with Gasteiger partial charge in [0, 0.05) is 31.1 Å². The molecule has 11 heteroatoms. The fourth-order valence-corrected chi connectivity index (χ4v) is 5.51. The van der Waals surface area contributed by atoms with E-state index in [0.29, 0.717) is 4.90 Å². The zero-order chi connectivity index (χ0) is 21.9. The molecule has 1 saturated heterocycles. The summed E-state index contributed by atoms with van der Waals surface area (Å²) in [7, 11) is -4.37. The average Bonchev–Trinajstić information content (AvgIpc) is 2.72. The molecule has 0 unspecified atom stereocenters. The number of halogens is 4. The first-order chi connectivity index (χ1) is 14.1. The molecule has 2 aromatic rings. The molecule has 162 valence electrons. The van der Waals surface area contributed by atoms with E-state index in [4.69, 9.17) is 0 Å². The summed E-state index contributed by atoms with van der Waals surface area (Å²) in [4.78, 5) is 13.3. The summed E-state index contributed by atoms with van der Waals surface area (Å²) in [6.07, 6.45) is -4.80. The Morgan fingerprint density at radius 2 is 1.57 bits per heavy atom. The van der Waals surface area contributed by atoms with Crippen LogP contribution in [0.3, 0.4) is 0 Å². The molecule has 2 aromatic carbocycles. The fraction of sp³-hybridized carbons (Fsp3) is 0.316. The highest BCUT2D eigenvalue weighted by Gasteiger charge is 2.39. The number of alkyl halides is 3. The van der Waals surface area contributed by atoms with Gasteiger partial charge in [0.25, 0.3) is 0 Å². The van der Waals surface area contributed by atoms with Crippen molar-refractivity contribution in [3.8, 4) is 0 Å². The average molecular weight is 462 g/mol. The van der Waals surface area contributed by atoms with Gasteiger partial charge in [-0.2, -0.15) is 17.5 Å². The van der Waals surface area contributed by atoms with Gasteiger partial charge in [0.15, 0.2) is 0 Å². The second kappa shape index (κ2) is 8.94. The van der Waals surface area contributed by atoms with Gasteiger partial charge in [0.05, 0.1) is 16.2 Å². The van der Waals surface area contributed by atoms with Gasteiger partial charge in [-0.3, -0.25) is 4.79 Å². The lowest BCUT2D eigenvalue weighted by atomic mass is 10.2. The van der Waals surface area contributed by atoms with Crippen LogP contribution in [0.5, 0.6) is 0 Å². The molecule has 0 bridgehead atoms. The van der Waals surface area contributed by atoms with E-state index in [1.165, 1.54) is 23.1 Å². The first-order valence-corrected chi connectivity index (χ1v) is 11.3. The summed E-state index contributed by atoms with van der Waals surface area (Å²) in [6.45, 7) is -0.149. The van der Waals surface area contributed by atoms with Crippen LogP contribution in [0.1, 0.15) is 5.56 Å². The summed E-state index contributed by atoms with van der Waals surface area (Å²) in [5.41, 5.74) is -1.22. The predicted octanol–water partition coefficient (Wildman–Crippen LogP) is 3.47. The van der Waals surface area contributed by atoms with E-state index in [-0.39, 0.29) is 37.8 Å². The van der Waals surface area contributed by atoms with Gasteiger partial charge >= 0.3 is 6.18 Å². The standard InChI is InChI=1S/C19H18F4N2O3S2/c20-15-6-2-3-7-16(15)29-13-18(26)24-9-11-25(12-10-24)30(27,28)17-8-4-1-5-14(17)19(21,22)23/h1-8H,9-13H2. The molecule has 1 aliphatic rings. The van der Waals surface area contributed by atoms with Gasteiger partial charge in [-0.05, 0) is 24.3 Å². The third kappa shape index (κ3) is 4.96. The Labute approximate surface area is 175 Å². The van der Waals surface area contributed by atoms with Crippen LogP contribution in [-0.2, 0) is 21.0 Å². The highest BCUT2D eigenvalue weighted by molar-refractivity contribution is 8.00. The molecule has 1 heterocycles. The van der Waals surface area contributed by atoms with Crippen LogP contribution in [0.2, 0.25) is 0 Å². The maximum absolute atomic E-state index is 13.6. The van der Waals surface area contributed by atoms with Gasteiger partial charge in [0.2, 0.25) is 15.9 Å². The van der Waals surface area contributed by atoms with Crippen molar-refractivity contribution in [3.63, 3.8) is 0 Å². The van der Waals surface area contributed by atoms with Crippen LogP contribution in [0.15, 0.2) is 58.3 Å². The Balaban J connectivity index is 1.64. The molecule has 3 rings (SSSR count). The monoisotopic (exact) mass is 462 g/mol. The van der Waals surface area contributed by atoms with Crippen LogP contribution in [0.4, 0.5) is 17.6 Å². The quantitative estimate of drug-likeness (QED) is 0.505. The number of nitrogens with zero attached hydrogens (tertiary/aromatic N) is 2. The Kier molecular flexibility index (Phi) is 6.73. The number of piperazine rings is 1. The molecular weight excluding hydrogens is 444 g/mol. The van der Waals surface area contributed by atoms with Crippen LogP contribution in [0.25, 0.3) is 0 Å². The Bertz CT molecular complexity index is 1020. The highest BCUT2D eigenvalue weighted by Crippen LogP contribution is 2.35. The van der Waals surface area contributed by atoms with Gasteiger partial charge in [-0.25, -0.2) is 12.8 Å². The normalized spacial score (nSPS) is 15.9. The lowest BCUT2D eigenvalue weighted by Crippen LogP contribution is -2.51. The largest absolute Gasteiger partial charge is 0.417 e. The molecule has 30 heavy (non-hydrogen) atoms. The van der Waals surface area contributed by atoms with Crippen molar-refractivity contribution in [1.82, 2.24) is 9.21 Å².